The first-order chi connectivity index (χ1) is 18.8. The number of nitrogens with one attached hydrogen (secondary N) is 1. The van der Waals surface area contributed by atoms with E-state index in [2.05, 4.69) is 10.3 Å². The fourth-order valence-electron chi connectivity index (χ4n) is 5.77. The zero-order valence-corrected chi connectivity index (χ0v) is 22.9. The number of hydrogen-bond donors (Lipinski definition) is 2. The van der Waals surface area contributed by atoms with Gasteiger partial charge in [-0.15, -0.1) is 0 Å². The summed E-state index contributed by atoms with van der Waals surface area (Å²) in [4.78, 5) is 72.5. The smallest absolute Gasteiger partial charge is 0.312 e. The van der Waals surface area contributed by atoms with Crippen LogP contribution in [0.3, 0.4) is 0 Å². The van der Waals surface area contributed by atoms with Gasteiger partial charge in [-0.1, -0.05) is 12.1 Å². The van der Waals surface area contributed by atoms with Crippen molar-refractivity contribution in [3.8, 4) is 5.75 Å². The minimum absolute atomic E-state index is 0.0132. The van der Waals surface area contributed by atoms with Crippen molar-refractivity contribution in [2.45, 2.75) is 44.3 Å². The molecule has 1 aromatic heterocycles. The third kappa shape index (κ3) is 5.03. The highest BCUT2D eigenvalue weighted by Crippen LogP contribution is 2.52. The van der Waals surface area contributed by atoms with Crippen molar-refractivity contribution in [2.75, 3.05) is 34.7 Å². The molecule has 0 spiro atoms. The van der Waals surface area contributed by atoms with Crippen molar-refractivity contribution in [3.05, 3.63) is 57.5 Å². The lowest BCUT2D eigenvalue weighted by Gasteiger charge is -2.47. The lowest BCUT2D eigenvalue weighted by Crippen LogP contribution is -2.55. The molecular formula is C27H33FN6O6. The van der Waals surface area contributed by atoms with Crippen LogP contribution in [0, 0.1) is 11.2 Å². The molecule has 2 aromatic rings. The summed E-state index contributed by atoms with van der Waals surface area (Å²) >= 11 is 0. The molecule has 5 rings (SSSR count). The summed E-state index contributed by atoms with van der Waals surface area (Å²) < 4.78 is 14.5. The van der Waals surface area contributed by atoms with Crippen LogP contribution >= 0.6 is 0 Å². The van der Waals surface area contributed by atoms with E-state index in [1.807, 2.05) is 0 Å². The van der Waals surface area contributed by atoms with Crippen molar-refractivity contribution in [1.29, 1.82) is 0 Å². The summed E-state index contributed by atoms with van der Waals surface area (Å²) in [6.07, 6.45) is 2.32. The maximum atomic E-state index is 13.6. The number of aromatic hydroxyl groups is 1. The van der Waals surface area contributed by atoms with Crippen LogP contribution in [0.15, 0.2) is 29.1 Å². The van der Waals surface area contributed by atoms with Crippen LogP contribution in [0.4, 0.5) is 4.39 Å². The minimum atomic E-state index is -1.22. The second kappa shape index (κ2) is 10.7. The van der Waals surface area contributed by atoms with E-state index in [4.69, 9.17) is 0 Å². The molecule has 3 aliphatic rings. The number of nitrogens with zero attached hydrogens (tertiary/aromatic N) is 5. The molecule has 2 aliphatic heterocycles. The molecule has 40 heavy (non-hydrogen) atoms. The van der Waals surface area contributed by atoms with Gasteiger partial charge in [0, 0.05) is 53.2 Å². The quantitative estimate of drug-likeness (QED) is 0.371. The van der Waals surface area contributed by atoms with E-state index in [-0.39, 0.29) is 18.9 Å². The number of amides is 4. The molecule has 13 heteroatoms. The van der Waals surface area contributed by atoms with E-state index in [1.54, 1.807) is 7.05 Å². The summed E-state index contributed by atoms with van der Waals surface area (Å²) in [5.41, 5.74) is -2.56. The molecule has 4 amide bonds. The number of hydrogen-bond acceptors (Lipinski definition) is 7. The van der Waals surface area contributed by atoms with Gasteiger partial charge < -0.3 is 25.1 Å². The predicted molar refractivity (Wildman–Crippen MR) is 140 cm³/mol. The highest BCUT2D eigenvalue weighted by Gasteiger charge is 2.54. The normalized spacial score (nSPS) is 21.1. The van der Waals surface area contributed by atoms with E-state index in [9.17, 15) is 33.5 Å². The number of halogens is 1. The third-order valence-corrected chi connectivity index (χ3v) is 8.07. The maximum Gasteiger partial charge on any atom is 0.312 e. The maximum absolute atomic E-state index is 13.6. The van der Waals surface area contributed by atoms with E-state index in [0.717, 1.165) is 4.90 Å². The number of carbonyl (C=O) groups is 4. The van der Waals surface area contributed by atoms with Crippen LogP contribution in [-0.4, -0.2) is 88.2 Å². The van der Waals surface area contributed by atoms with Crippen LogP contribution in [0.2, 0.25) is 0 Å². The van der Waals surface area contributed by atoms with Crippen molar-refractivity contribution >= 4 is 24.1 Å². The molecule has 1 aliphatic carbocycles. The predicted octanol–water partition coefficient (Wildman–Crippen LogP) is 0.422. The van der Waals surface area contributed by atoms with E-state index in [0.29, 0.717) is 44.2 Å². The van der Waals surface area contributed by atoms with Gasteiger partial charge >= 0.3 is 11.8 Å². The summed E-state index contributed by atoms with van der Waals surface area (Å²) in [5.74, 6) is -3.59. The van der Waals surface area contributed by atoms with E-state index >= 15 is 0 Å². The van der Waals surface area contributed by atoms with Gasteiger partial charge in [-0.05, 0) is 43.4 Å². The topological polar surface area (TPSA) is 145 Å². The summed E-state index contributed by atoms with van der Waals surface area (Å²) in [6, 6.07) is 5.46. The lowest BCUT2D eigenvalue weighted by molar-refractivity contribution is -0.155. The van der Waals surface area contributed by atoms with Crippen LogP contribution in [-0.2, 0) is 33.0 Å². The lowest BCUT2D eigenvalue weighted by atomic mass is 9.67. The second-order valence-corrected chi connectivity index (χ2v) is 10.9. The Balaban J connectivity index is 1.81. The molecule has 2 bridgehead atoms. The van der Waals surface area contributed by atoms with Crippen LogP contribution in [0.1, 0.15) is 47.6 Å². The standard InChI is InChI=1S/C27H33FN6O6/c1-31(2)23(39)24(40)33(4)27-11-9-26(10-12-27,14-32(3)16-35)15-34-22(38)20(36)19(30-25(27)34)21(37)29-13-17-5-7-18(28)8-6-17/h5-8,16,36H,9-15H2,1-4H3,(H,29,37). The van der Waals surface area contributed by atoms with Gasteiger partial charge in [0.1, 0.15) is 17.2 Å². The van der Waals surface area contributed by atoms with Crippen molar-refractivity contribution in [3.63, 3.8) is 0 Å². The first-order valence-corrected chi connectivity index (χ1v) is 12.9. The van der Waals surface area contributed by atoms with Gasteiger partial charge in [-0.2, -0.15) is 0 Å². The van der Waals surface area contributed by atoms with Gasteiger partial charge in [-0.25, -0.2) is 9.37 Å². The third-order valence-electron chi connectivity index (χ3n) is 8.07. The largest absolute Gasteiger partial charge is 0.501 e. The van der Waals surface area contributed by atoms with E-state index in [1.165, 1.54) is 59.8 Å². The summed E-state index contributed by atoms with van der Waals surface area (Å²) in [5, 5.41) is 13.4. The van der Waals surface area contributed by atoms with Gasteiger partial charge in [-0.3, -0.25) is 28.5 Å². The van der Waals surface area contributed by atoms with Crippen LogP contribution in [0.25, 0.3) is 0 Å². The van der Waals surface area contributed by atoms with E-state index < -0.39 is 51.5 Å². The SMILES string of the molecule is CN(C=O)CC12CCC(N(C)C(=O)C(=O)N(C)C)(CC1)c1nc(C(=O)NCc3ccc(F)cc3)c(O)c(=O)n1C2. The molecular weight excluding hydrogens is 523 g/mol. The first kappa shape index (κ1) is 28.7. The Morgan fingerprint density at radius 1 is 1.07 bits per heavy atom. The zero-order chi connectivity index (χ0) is 29.4. The molecule has 0 radical (unpaired) electrons. The molecule has 3 heterocycles. The molecule has 0 atom stereocenters. The van der Waals surface area contributed by atoms with Gasteiger partial charge in [0.25, 0.3) is 11.5 Å². The fraction of sp³-hybridized carbons (Fsp3) is 0.481. The summed E-state index contributed by atoms with van der Waals surface area (Å²) in [7, 11) is 6.02. The molecule has 12 nitrogen and oxygen atoms in total. The number of carbonyl (C=O) groups excluding carboxylic acids is 4. The number of aromatic nitrogens is 2. The zero-order valence-electron chi connectivity index (χ0n) is 22.9. The number of fused-ring (bicyclic) bond motifs is 2. The fourth-order valence-corrected chi connectivity index (χ4v) is 5.77. The Hall–Kier alpha value is -4.29. The molecule has 2 N–H and O–H groups in total. The Morgan fingerprint density at radius 2 is 1.70 bits per heavy atom. The molecule has 1 aromatic carbocycles. The Bertz CT molecular complexity index is 1400. The average molecular weight is 557 g/mol. The summed E-state index contributed by atoms with van der Waals surface area (Å²) in [6.45, 7) is 0.414. The highest BCUT2D eigenvalue weighted by atomic mass is 19.1. The van der Waals surface area contributed by atoms with Crippen molar-refractivity contribution in [1.82, 2.24) is 29.6 Å². The number of benzene rings is 1. The van der Waals surface area contributed by atoms with Crippen LogP contribution in [0.5, 0.6) is 5.75 Å². The van der Waals surface area contributed by atoms with Crippen molar-refractivity contribution < 1.29 is 28.7 Å². The number of rotatable bonds is 7. The van der Waals surface area contributed by atoms with Gasteiger partial charge in [0.15, 0.2) is 5.69 Å². The minimum Gasteiger partial charge on any atom is -0.501 e. The average Bonchev–Trinajstić information content (AvgIpc) is 3.16. The second-order valence-electron chi connectivity index (χ2n) is 10.9. The van der Waals surface area contributed by atoms with Crippen molar-refractivity contribution in [2.24, 2.45) is 5.41 Å². The molecule has 1 saturated carbocycles. The first-order valence-electron chi connectivity index (χ1n) is 12.9. The monoisotopic (exact) mass is 556 g/mol. The van der Waals surface area contributed by atoms with Gasteiger partial charge in [0.2, 0.25) is 12.2 Å². The Kier molecular flexibility index (Phi) is 7.68. The van der Waals surface area contributed by atoms with Crippen LogP contribution < -0.4 is 10.9 Å². The Morgan fingerprint density at radius 3 is 2.27 bits per heavy atom. The van der Waals surface area contributed by atoms with Gasteiger partial charge in [0.05, 0.1) is 0 Å². The highest BCUT2D eigenvalue weighted by molar-refractivity contribution is 6.34. The molecule has 214 valence electrons. The number of likely N-dealkylation sites (N-methyl/N-ethyl adjacent to an activating group) is 2. The molecule has 1 fully saturated rings. The Labute approximate surface area is 230 Å². The molecule has 0 saturated heterocycles. The molecule has 0 unspecified atom stereocenters.